The first kappa shape index (κ1) is 14.4. The van der Waals surface area contributed by atoms with Gasteiger partial charge in [-0.25, -0.2) is 9.38 Å². The number of aromatic nitrogens is 2. The van der Waals surface area contributed by atoms with Crippen LogP contribution in [0.15, 0.2) is 53.3 Å². The Morgan fingerprint density at radius 2 is 2.00 bits per heavy atom. The summed E-state index contributed by atoms with van der Waals surface area (Å²) in [5.74, 6) is 0.628. The smallest absolute Gasteiger partial charge is 0.274 e. The second kappa shape index (κ2) is 5.80. The van der Waals surface area contributed by atoms with Gasteiger partial charge in [0, 0.05) is 0 Å². The molecule has 5 nitrogen and oxygen atoms in total. The van der Waals surface area contributed by atoms with E-state index < -0.39 is 0 Å². The lowest BCUT2D eigenvalue weighted by atomic mass is 10.2. The topological polar surface area (TPSA) is 67.4 Å². The average molecular weight is 333 g/mol. The lowest BCUT2D eigenvalue weighted by Gasteiger charge is -2.00. The molecule has 0 atom stereocenters. The van der Waals surface area contributed by atoms with E-state index in [9.17, 15) is 4.79 Å². The number of rotatable bonds is 3. The highest BCUT2D eigenvalue weighted by Gasteiger charge is 2.10. The van der Waals surface area contributed by atoms with E-state index in [4.69, 9.17) is 10.00 Å². The molecule has 0 amide bonds. The van der Waals surface area contributed by atoms with Gasteiger partial charge in [-0.3, -0.25) is 4.79 Å². The van der Waals surface area contributed by atoms with Crippen molar-refractivity contribution in [1.82, 2.24) is 9.38 Å². The molecule has 24 heavy (non-hydrogen) atoms. The van der Waals surface area contributed by atoms with Gasteiger partial charge in [-0.1, -0.05) is 35.6 Å². The predicted octanol–water partition coefficient (Wildman–Crippen LogP) is 2.36. The molecule has 2 aromatic heterocycles. The maximum Gasteiger partial charge on any atom is 0.274 e. The summed E-state index contributed by atoms with van der Waals surface area (Å²) in [6, 6.07) is 16.8. The van der Waals surface area contributed by atoms with Crippen LogP contribution < -0.4 is 14.8 Å². The largest absolute Gasteiger partial charge is 0.479 e. The van der Waals surface area contributed by atoms with Gasteiger partial charge in [0.05, 0.1) is 15.6 Å². The highest BCUT2D eigenvalue weighted by Crippen LogP contribution is 2.16. The van der Waals surface area contributed by atoms with Gasteiger partial charge in [-0.2, -0.15) is 5.26 Å². The quantitative estimate of drug-likeness (QED) is 0.577. The third-order valence-corrected chi connectivity index (χ3v) is 4.60. The van der Waals surface area contributed by atoms with Crippen LogP contribution in [0.3, 0.4) is 0 Å². The summed E-state index contributed by atoms with van der Waals surface area (Å²) in [4.78, 5) is 17.9. The maximum absolute atomic E-state index is 12.7. The van der Waals surface area contributed by atoms with Crippen molar-refractivity contribution in [3.8, 4) is 11.8 Å². The summed E-state index contributed by atoms with van der Waals surface area (Å²) in [7, 11) is 0. The van der Waals surface area contributed by atoms with Crippen molar-refractivity contribution < 1.29 is 4.74 Å². The van der Waals surface area contributed by atoms with Gasteiger partial charge in [-0.15, -0.1) is 0 Å². The fraction of sp³-hybridized carbons (Fsp3) is 0.0556. The molecule has 116 valence electrons. The number of benzene rings is 2. The molecule has 6 heteroatoms. The SMILES string of the molecule is N#CCOc1ccc(C=c2sc3nc4ccccc4n3c2=O)cc1. The van der Waals surface area contributed by atoms with Crippen molar-refractivity contribution in [1.29, 1.82) is 5.26 Å². The number of thiazole rings is 1. The van der Waals surface area contributed by atoms with Crippen molar-refractivity contribution in [2.24, 2.45) is 0 Å². The average Bonchev–Trinajstić information content (AvgIpc) is 3.11. The Kier molecular flexibility index (Phi) is 3.48. The molecule has 0 bridgehead atoms. The Hall–Kier alpha value is -3.17. The van der Waals surface area contributed by atoms with Gasteiger partial charge in [0.25, 0.3) is 5.56 Å². The van der Waals surface area contributed by atoms with E-state index in [1.54, 1.807) is 16.5 Å². The van der Waals surface area contributed by atoms with E-state index in [1.165, 1.54) is 11.3 Å². The zero-order valence-electron chi connectivity index (χ0n) is 12.5. The van der Waals surface area contributed by atoms with Crippen molar-refractivity contribution in [3.05, 3.63) is 69.0 Å². The number of ether oxygens (including phenoxy) is 1. The summed E-state index contributed by atoms with van der Waals surface area (Å²) in [6.07, 6.45) is 1.84. The van der Waals surface area contributed by atoms with Gasteiger partial charge in [0.1, 0.15) is 11.8 Å². The van der Waals surface area contributed by atoms with Gasteiger partial charge < -0.3 is 4.74 Å². The van der Waals surface area contributed by atoms with Gasteiger partial charge >= 0.3 is 0 Å². The Morgan fingerprint density at radius 3 is 2.79 bits per heavy atom. The molecule has 0 aliphatic carbocycles. The van der Waals surface area contributed by atoms with E-state index in [-0.39, 0.29) is 12.2 Å². The summed E-state index contributed by atoms with van der Waals surface area (Å²) in [6.45, 7) is 0.0168. The van der Waals surface area contributed by atoms with Gasteiger partial charge in [-0.05, 0) is 35.9 Å². The number of nitriles is 1. The third kappa shape index (κ3) is 2.41. The van der Waals surface area contributed by atoms with E-state index >= 15 is 0 Å². The molecule has 0 unspecified atom stereocenters. The minimum atomic E-state index is -0.0616. The summed E-state index contributed by atoms with van der Waals surface area (Å²) in [5.41, 5.74) is 2.48. The molecule has 4 rings (SSSR count). The second-order valence-electron chi connectivity index (χ2n) is 5.15. The normalized spacial score (nSPS) is 11.9. The zero-order valence-corrected chi connectivity index (χ0v) is 13.3. The van der Waals surface area contributed by atoms with Crippen LogP contribution in [0.2, 0.25) is 0 Å². The second-order valence-corrected chi connectivity index (χ2v) is 6.16. The van der Waals surface area contributed by atoms with Crippen LogP contribution in [0.5, 0.6) is 5.75 Å². The molecule has 0 saturated heterocycles. The zero-order chi connectivity index (χ0) is 16.5. The molecular formula is C18H11N3O2S. The third-order valence-electron chi connectivity index (χ3n) is 3.63. The first-order valence-corrected chi connectivity index (χ1v) is 8.09. The highest BCUT2D eigenvalue weighted by molar-refractivity contribution is 7.15. The maximum atomic E-state index is 12.7. The lowest BCUT2D eigenvalue weighted by Crippen LogP contribution is -2.22. The predicted molar refractivity (Wildman–Crippen MR) is 93.2 cm³/mol. The number of hydrogen-bond acceptors (Lipinski definition) is 5. The minimum Gasteiger partial charge on any atom is -0.479 e. The van der Waals surface area contributed by atoms with Crippen LogP contribution in [0.25, 0.3) is 22.1 Å². The molecule has 0 N–H and O–H groups in total. The molecule has 0 spiro atoms. The summed E-state index contributed by atoms with van der Waals surface area (Å²) in [5, 5.41) is 8.51. The van der Waals surface area contributed by atoms with E-state index in [1.807, 2.05) is 48.5 Å². The Labute approximate surface area is 140 Å². The van der Waals surface area contributed by atoms with Crippen LogP contribution in [-0.2, 0) is 0 Å². The molecule has 0 aliphatic heterocycles. The van der Waals surface area contributed by atoms with Gasteiger partial charge in [0.2, 0.25) is 0 Å². The molecule has 0 aliphatic rings. The standard InChI is InChI=1S/C18H11N3O2S/c19-9-10-23-13-7-5-12(6-8-13)11-16-17(22)21-15-4-2-1-3-14(15)20-18(21)24-16/h1-8,11H,10H2. The van der Waals surface area contributed by atoms with Crippen LogP contribution in [-0.4, -0.2) is 16.0 Å². The number of para-hydroxylation sites is 2. The monoisotopic (exact) mass is 333 g/mol. The van der Waals surface area contributed by atoms with Crippen LogP contribution in [0.4, 0.5) is 0 Å². The van der Waals surface area contributed by atoms with Crippen LogP contribution in [0, 0.1) is 11.3 Å². The van der Waals surface area contributed by atoms with Crippen molar-refractivity contribution >= 4 is 33.4 Å². The van der Waals surface area contributed by atoms with E-state index in [0.717, 1.165) is 16.6 Å². The first-order valence-electron chi connectivity index (χ1n) is 7.28. The Bertz CT molecular complexity index is 1180. The lowest BCUT2D eigenvalue weighted by molar-refractivity contribution is 0.368. The molecule has 0 radical (unpaired) electrons. The Balaban J connectivity index is 1.79. The fourth-order valence-corrected chi connectivity index (χ4v) is 3.53. The van der Waals surface area contributed by atoms with Crippen LogP contribution >= 0.6 is 11.3 Å². The number of nitrogens with zero attached hydrogens (tertiary/aromatic N) is 3. The van der Waals surface area contributed by atoms with E-state index in [0.29, 0.717) is 15.2 Å². The first-order chi connectivity index (χ1) is 11.8. The van der Waals surface area contributed by atoms with Crippen molar-refractivity contribution in [2.75, 3.05) is 6.61 Å². The van der Waals surface area contributed by atoms with Gasteiger partial charge in [0.15, 0.2) is 11.6 Å². The fourth-order valence-electron chi connectivity index (χ4n) is 2.54. The Morgan fingerprint density at radius 1 is 1.21 bits per heavy atom. The summed E-state index contributed by atoms with van der Waals surface area (Å²) >= 11 is 1.37. The van der Waals surface area contributed by atoms with E-state index in [2.05, 4.69) is 4.98 Å². The molecule has 2 heterocycles. The van der Waals surface area contributed by atoms with Crippen LogP contribution in [0.1, 0.15) is 5.56 Å². The number of fused-ring (bicyclic) bond motifs is 3. The molecule has 0 fully saturated rings. The number of hydrogen-bond donors (Lipinski definition) is 0. The highest BCUT2D eigenvalue weighted by atomic mass is 32.1. The molecule has 4 aromatic rings. The summed E-state index contributed by atoms with van der Waals surface area (Å²) < 4.78 is 7.50. The molecule has 2 aromatic carbocycles. The minimum absolute atomic E-state index is 0.0168. The molecule has 0 saturated carbocycles. The molecular weight excluding hydrogens is 322 g/mol. The van der Waals surface area contributed by atoms with Crippen molar-refractivity contribution in [3.63, 3.8) is 0 Å². The van der Waals surface area contributed by atoms with Crippen molar-refractivity contribution in [2.45, 2.75) is 0 Å². The number of imidazole rings is 1.